The highest BCUT2D eigenvalue weighted by atomic mass is 15.2. The van der Waals surface area contributed by atoms with E-state index < -0.39 is 0 Å². The van der Waals surface area contributed by atoms with E-state index in [2.05, 4.69) is 18.5 Å². The molecule has 0 unspecified atom stereocenters. The van der Waals surface area contributed by atoms with E-state index in [0.29, 0.717) is 0 Å². The topological polar surface area (TPSA) is 7.68 Å². The van der Waals surface area contributed by atoms with E-state index in [1.165, 1.54) is 31.1 Å². The number of nitrogens with zero attached hydrogens (tertiary/aromatic N) is 1. The lowest BCUT2D eigenvalue weighted by molar-refractivity contribution is -0.858. The van der Waals surface area contributed by atoms with Crippen LogP contribution < -0.4 is 4.90 Å². The molecule has 2 heteroatoms. The Kier molecular flexibility index (Phi) is 2.90. The van der Waals surface area contributed by atoms with Crippen LogP contribution in [0.4, 0.5) is 0 Å². The van der Waals surface area contributed by atoms with Gasteiger partial charge in [-0.3, -0.25) is 4.90 Å². The third kappa shape index (κ3) is 2.12. The second-order valence-corrected chi connectivity index (χ2v) is 2.84. The van der Waals surface area contributed by atoms with Gasteiger partial charge in [0.05, 0.1) is 13.1 Å². The molecule has 0 bridgehead atoms. The van der Waals surface area contributed by atoms with Crippen molar-refractivity contribution in [2.75, 3.05) is 32.7 Å². The summed E-state index contributed by atoms with van der Waals surface area (Å²) in [6.45, 7) is 9.44. The molecular weight excluding hydrogens is 124 g/mol. The fourth-order valence-corrected chi connectivity index (χ4v) is 1.23. The molecule has 0 spiro atoms. The first-order valence-electron chi connectivity index (χ1n) is 3.83. The minimum absolute atomic E-state index is 1.04. The molecular formula is C8H16N2. The first-order chi connectivity index (χ1) is 4.83. The molecule has 1 N–H and O–H groups in total. The molecule has 1 rings (SSSR count). The van der Waals surface area contributed by atoms with Gasteiger partial charge in [0, 0.05) is 19.6 Å². The first kappa shape index (κ1) is 7.76. The zero-order valence-electron chi connectivity index (χ0n) is 6.47. The molecule has 1 fully saturated rings. The van der Waals surface area contributed by atoms with Crippen LogP contribution in [0.3, 0.4) is 0 Å². The summed E-state index contributed by atoms with van der Waals surface area (Å²) in [5.41, 5.74) is 0. The Morgan fingerprint density at radius 2 is 2.10 bits per heavy atom. The maximum absolute atomic E-state index is 3.96. The van der Waals surface area contributed by atoms with E-state index >= 15 is 0 Å². The van der Waals surface area contributed by atoms with Crippen molar-refractivity contribution in [3.63, 3.8) is 0 Å². The number of hydrogen-bond donors (Lipinski definition) is 1. The van der Waals surface area contributed by atoms with Crippen LogP contribution in [-0.2, 0) is 0 Å². The van der Waals surface area contributed by atoms with Crippen LogP contribution in [0, 0.1) is 7.05 Å². The fourth-order valence-electron chi connectivity index (χ4n) is 1.23. The fraction of sp³-hybridized carbons (Fsp3) is 0.625. The van der Waals surface area contributed by atoms with E-state index in [1.807, 2.05) is 6.08 Å². The lowest BCUT2D eigenvalue weighted by Gasteiger charge is -2.33. The predicted molar refractivity (Wildman–Crippen MR) is 42.7 cm³/mol. The van der Waals surface area contributed by atoms with Gasteiger partial charge in [-0.1, -0.05) is 6.08 Å². The van der Waals surface area contributed by atoms with E-state index in [9.17, 15) is 0 Å². The minimum atomic E-state index is 1.04. The summed E-state index contributed by atoms with van der Waals surface area (Å²) in [5, 5.41) is 0. The third-order valence-corrected chi connectivity index (χ3v) is 1.95. The smallest absolute Gasteiger partial charge is 0.0660 e. The van der Waals surface area contributed by atoms with Crippen molar-refractivity contribution in [3.05, 3.63) is 19.7 Å². The molecule has 0 amide bonds. The minimum Gasteiger partial charge on any atom is -0.466 e. The van der Waals surface area contributed by atoms with Crippen molar-refractivity contribution in [1.29, 1.82) is 0 Å². The Hall–Kier alpha value is -0.340. The summed E-state index contributed by atoms with van der Waals surface area (Å²) >= 11 is 0. The molecule has 2 nitrogen and oxygen atoms in total. The Morgan fingerprint density at radius 3 is 2.60 bits per heavy atom. The van der Waals surface area contributed by atoms with E-state index in [4.69, 9.17) is 0 Å². The van der Waals surface area contributed by atoms with Crippen LogP contribution in [0.25, 0.3) is 0 Å². The van der Waals surface area contributed by atoms with Crippen LogP contribution in [0.15, 0.2) is 12.7 Å². The second kappa shape index (κ2) is 3.74. The van der Waals surface area contributed by atoms with Crippen molar-refractivity contribution in [2.24, 2.45) is 0 Å². The first-order valence-corrected chi connectivity index (χ1v) is 3.83. The SMILES string of the molecule is C=CCN1CC[NH+]([CH2-])CC1. The van der Waals surface area contributed by atoms with Gasteiger partial charge < -0.3 is 4.90 Å². The van der Waals surface area contributed by atoms with Gasteiger partial charge in [0.2, 0.25) is 0 Å². The Morgan fingerprint density at radius 1 is 1.50 bits per heavy atom. The van der Waals surface area contributed by atoms with Crippen molar-refractivity contribution in [2.45, 2.75) is 0 Å². The van der Waals surface area contributed by atoms with Crippen molar-refractivity contribution in [3.8, 4) is 0 Å². The Labute approximate surface area is 63.1 Å². The van der Waals surface area contributed by atoms with Gasteiger partial charge in [0.15, 0.2) is 0 Å². The van der Waals surface area contributed by atoms with Crippen LogP contribution in [0.1, 0.15) is 0 Å². The molecule has 0 aromatic carbocycles. The standard InChI is InChI=1S/C8H16N2/c1-3-4-10-7-5-9(2)6-8-10/h3,9H,1-2,4-8H2. The van der Waals surface area contributed by atoms with Crippen LogP contribution in [0.5, 0.6) is 0 Å². The average Bonchev–Trinajstić information content (AvgIpc) is 1.95. The van der Waals surface area contributed by atoms with Gasteiger partial charge in [-0.25, -0.2) is 0 Å². The van der Waals surface area contributed by atoms with Crippen LogP contribution in [-0.4, -0.2) is 37.6 Å². The van der Waals surface area contributed by atoms with E-state index in [-0.39, 0.29) is 0 Å². The number of rotatable bonds is 2. The number of piperazine rings is 1. The largest absolute Gasteiger partial charge is 0.466 e. The van der Waals surface area contributed by atoms with Gasteiger partial charge >= 0.3 is 0 Å². The number of hydrogen-bond acceptors (Lipinski definition) is 1. The molecule has 1 saturated heterocycles. The molecule has 1 aliphatic rings. The Balaban J connectivity index is 2.19. The summed E-state index contributed by atoms with van der Waals surface area (Å²) in [5.74, 6) is 0. The molecule has 10 heavy (non-hydrogen) atoms. The summed E-state index contributed by atoms with van der Waals surface area (Å²) in [4.78, 5) is 3.81. The second-order valence-electron chi connectivity index (χ2n) is 2.84. The van der Waals surface area contributed by atoms with Crippen molar-refractivity contribution < 1.29 is 4.90 Å². The molecule has 1 aliphatic heterocycles. The van der Waals surface area contributed by atoms with Gasteiger partial charge in [-0.2, -0.15) is 7.05 Å². The quantitative estimate of drug-likeness (QED) is 0.388. The highest BCUT2D eigenvalue weighted by Crippen LogP contribution is 1.87. The molecule has 0 radical (unpaired) electrons. The maximum atomic E-state index is 3.96. The average molecular weight is 140 g/mol. The van der Waals surface area contributed by atoms with Crippen LogP contribution in [0.2, 0.25) is 0 Å². The van der Waals surface area contributed by atoms with Gasteiger partial charge in [0.25, 0.3) is 0 Å². The molecule has 0 aromatic rings. The van der Waals surface area contributed by atoms with E-state index in [0.717, 1.165) is 6.54 Å². The normalized spacial score (nSPS) is 22.9. The zero-order chi connectivity index (χ0) is 7.40. The molecule has 58 valence electrons. The highest BCUT2D eigenvalue weighted by molar-refractivity contribution is 4.73. The predicted octanol–water partition coefficient (Wildman–Crippen LogP) is -0.836. The van der Waals surface area contributed by atoms with E-state index in [1.54, 1.807) is 0 Å². The highest BCUT2D eigenvalue weighted by Gasteiger charge is 2.11. The zero-order valence-corrected chi connectivity index (χ0v) is 6.47. The molecule has 0 atom stereocenters. The van der Waals surface area contributed by atoms with Gasteiger partial charge in [-0.05, 0) is 0 Å². The number of quaternary nitrogens is 1. The van der Waals surface area contributed by atoms with Crippen molar-refractivity contribution in [1.82, 2.24) is 4.90 Å². The summed E-state index contributed by atoms with van der Waals surface area (Å²) in [7, 11) is 3.96. The van der Waals surface area contributed by atoms with Crippen molar-refractivity contribution >= 4 is 0 Å². The van der Waals surface area contributed by atoms with Gasteiger partial charge in [0.1, 0.15) is 0 Å². The molecule has 0 aliphatic carbocycles. The molecule has 1 heterocycles. The third-order valence-electron chi connectivity index (χ3n) is 1.95. The Bertz CT molecular complexity index is 104. The van der Waals surface area contributed by atoms with Gasteiger partial charge in [-0.15, -0.1) is 6.58 Å². The number of nitrogens with one attached hydrogen (secondary N) is 1. The summed E-state index contributed by atoms with van der Waals surface area (Å²) in [6, 6.07) is 0. The lowest BCUT2D eigenvalue weighted by atomic mass is 10.3. The lowest BCUT2D eigenvalue weighted by Crippen LogP contribution is -3.10. The summed E-state index contributed by atoms with van der Waals surface area (Å²) in [6.07, 6.45) is 1.97. The van der Waals surface area contributed by atoms with Crippen LogP contribution >= 0.6 is 0 Å². The monoisotopic (exact) mass is 140 g/mol. The summed E-state index contributed by atoms with van der Waals surface area (Å²) < 4.78 is 0. The molecule has 0 aromatic heterocycles. The molecule has 0 saturated carbocycles. The maximum Gasteiger partial charge on any atom is 0.0660 e.